The Kier molecular flexibility index (Phi) is 4.95. The van der Waals surface area contributed by atoms with Crippen molar-refractivity contribution in [1.82, 2.24) is 30.9 Å². The Hall–Kier alpha value is -1.45. The van der Waals surface area contributed by atoms with E-state index in [1.54, 1.807) is 6.33 Å². The van der Waals surface area contributed by atoms with Crippen molar-refractivity contribution in [2.24, 2.45) is 17.3 Å². The number of carbonyl (C=O) groups excluding carboxylic acids is 1. The maximum atomic E-state index is 13.3. The van der Waals surface area contributed by atoms with Crippen LogP contribution in [0.4, 0.5) is 0 Å². The van der Waals surface area contributed by atoms with E-state index in [-0.39, 0.29) is 28.2 Å². The predicted octanol–water partition coefficient (Wildman–Crippen LogP) is 1.90. The zero-order valence-corrected chi connectivity index (χ0v) is 17.9. The number of hydrogen-bond donors (Lipinski definition) is 3. The van der Waals surface area contributed by atoms with E-state index in [1.807, 2.05) is 4.68 Å². The minimum absolute atomic E-state index is 0.0310. The third-order valence-corrected chi connectivity index (χ3v) is 7.69. The Bertz CT molecular complexity index is 796. The van der Waals surface area contributed by atoms with Crippen LogP contribution < -0.4 is 16.2 Å². The summed E-state index contributed by atoms with van der Waals surface area (Å²) < 4.78 is 7.52. The van der Waals surface area contributed by atoms with Crippen molar-refractivity contribution < 1.29 is 9.53 Å². The highest BCUT2D eigenvalue weighted by atomic mass is 35.5. The Morgan fingerprint density at radius 2 is 2.10 bits per heavy atom. The number of ether oxygens (including phenoxy) is 1. The topological polar surface area (TPSA) is 93.1 Å². The number of halogens is 1. The molecule has 1 aromatic heterocycles. The smallest absolute Gasteiger partial charge is 0.244 e. The van der Waals surface area contributed by atoms with Gasteiger partial charge in [0.1, 0.15) is 6.33 Å². The number of carbonyl (C=O) groups is 1. The molecule has 5 fully saturated rings. The molecule has 5 aliphatic rings. The number of hydrogen-bond acceptors (Lipinski definition) is 5. The van der Waals surface area contributed by atoms with E-state index in [2.05, 4.69) is 26.3 Å². The zero-order chi connectivity index (χ0) is 20.1. The molecule has 4 bridgehead atoms. The summed E-state index contributed by atoms with van der Waals surface area (Å²) in [5.41, 5.74) is 5.24. The number of rotatable bonds is 4. The lowest BCUT2D eigenvalue weighted by atomic mass is 9.46. The molecule has 0 spiro atoms. The molecule has 4 saturated carbocycles. The van der Waals surface area contributed by atoms with Gasteiger partial charge in [-0.1, -0.05) is 0 Å². The van der Waals surface area contributed by atoms with Crippen molar-refractivity contribution in [2.75, 3.05) is 13.2 Å². The summed E-state index contributed by atoms with van der Waals surface area (Å²) in [6.07, 6.45) is 9.99. The van der Waals surface area contributed by atoms with Gasteiger partial charge in [-0.05, 0) is 87.0 Å². The van der Waals surface area contributed by atoms with Crippen LogP contribution in [0.25, 0.3) is 0 Å². The molecular formula is C19H27ClN6O2S. The summed E-state index contributed by atoms with van der Waals surface area (Å²) in [7, 11) is 0. The maximum absolute atomic E-state index is 13.3. The zero-order valence-electron chi connectivity index (χ0n) is 16.3. The summed E-state index contributed by atoms with van der Waals surface area (Å²) in [6.45, 7) is 1.47. The Balaban J connectivity index is 1.24. The van der Waals surface area contributed by atoms with Gasteiger partial charge in [-0.25, -0.2) is 9.67 Å². The second-order valence-corrected chi connectivity index (χ2v) is 10.1. The van der Waals surface area contributed by atoms with Crippen LogP contribution in [0.3, 0.4) is 0 Å². The fraction of sp³-hybridized carbons (Fsp3) is 0.789. The van der Waals surface area contributed by atoms with Gasteiger partial charge < -0.3 is 10.1 Å². The van der Waals surface area contributed by atoms with Crippen molar-refractivity contribution in [1.29, 1.82) is 0 Å². The number of amides is 1. The van der Waals surface area contributed by atoms with Crippen molar-refractivity contribution in [2.45, 2.75) is 63.0 Å². The molecule has 1 amide bonds. The van der Waals surface area contributed by atoms with E-state index in [0.29, 0.717) is 23.5 Å². The molecule has 1 aromatic rings. The third-order valence-electron chi connectivity index (χ3n) is 7.27. The largest absolute Gasteiger partial charge is 0.376 e. The molecule has 3 atom stereocenters. The van der Waals surface area contributed by atoms with Crippen LogP contribution in [0.1, 0.15) is 51.4 Å². The monoisotopic (exact) mass is 438 g/mol. The fourth-order valence-corrected chi connectivity index (χ4v) is 6.78. The van der Waals surface area contributed by atoms with Crippen molar-refractivity contribution in [3.63, 3.8) is 0 Å². The normalized spacial score (nSPS) is 37.5. The Morgan fingerprint density at radius 3 is 2.76 bits per heavy atom. The standard InChI is InChI=1S/C19H27ClN6O2S/c20-16-22-11-26(25-16)19-7-12-4-13(8-19)6-18(5-12,10-19)15(27)23-24-17(29)21-9-14-2-1-3-28-14/h11-14H,1-10H2,(H,23,27)(H2,21,24,29)/t12-,13-,14+,18?,19?/m1/s1. The Labute approximate surface area is 180 Å². The summed E-state index contributed by atoms with van der Waals surface area (Å²) in [4.78, 5) is 17.4. The van der Waals surface area contributed by atoms with E-state index < -0.39 is 0 Å². The first-order chi connectivity index (χ1) is 14.0. The molecule has 0 aromatic carbocycles. The van der Waals surface area contributed by atoms with E-state index >= 15 is 0 Å². The lowest BCUT2D eigenvalue weighted by molar-refractivity contribution is -0.156. The highest BCUT2D eigenvalue weighted by molar-refractivity contribution is 7.80. The van der Waals surface area contributed by atoms with Crippen LogP contribution in [0.5, 0.6) is 0 Å². The van der Waals surface area contributed by atoms with Crippen LogP contribution in [0, 0.1) is 17.3 Å². The predicted molar refractivity (Wildman–Crippen MR) is 111 cm³/mol. The van der Waals surface area contributed by atoms with E-state index in [9.17, 15) is 4.79 Å². The highest BCUT2D eigenvalue weighted by Gasteiger charge is 2.61. The average molecular weight is 439 g/mol. The fourth-order valence-electron chi connectivity index (χ4n) is 6.52. The summed E-state index contributed by atoms with van der Waals surface area (Å²) in [5.74, 6) is 1.10. The number of hydrazine groups is 1. The van der Waals surface area contributed by atoms with E-state index in [1.165, 1.54) is 6.42 Å². The first kappa shape index (κ1) is 19.5. The molecule has 3 N–H and O–H groups in total. The minimum Gasteiger partial charge on any atom is -0.376 e. The van der Waals surface area contributed by atoms with Crippen LogP contribution in [0.2, 0.25) is 5.28 Å². The van der Waals surface area contributed by atoms with Crippen molar-refractivity contribution in [3.8, 4) is 0 Å². The molecule has 0 unspecified atom stereocenters. The van der Waals surface area contributed by atoms with Gasteiger partial charge in [0.05, 0.1) is 17.1 Å². The van der Waals surface area contributed by atoms with Crippen molar-refractivity contribution in [3.05, 3.63) is 11.6 Å². The van der Waals surface area contributed by atoms with Gasteiger partial charge in [-0.3, -0.25) is 15.6 Å². The van der Waals surface area contributed by atoms with Crippen LogP contribution in [0.15, 0.2) is 6.33 Å². The number of thiocarbonyl (C=S) groups is 1. The van der Waals surface area contributed by atoms with Gasteiger partial charge in [0, 0.05) is 13.2 Å². The average Bonchev–Trinajstić information content (AvgIpc) is 3.35. The minimum atomic E-state index is -0.389. The summed E-state index contributed by atoms with van der Waals surface area (Å²) >= 11 is 11.3. The lowest BCUT2D eigenvalue weighted by Gasteiger charge is -2.60. The lowest BCUT2D eigenvalue weighted by Crippen LogP contribution is -2.63. The third kappa shape index (κ3) is 3.61. The molecule has 8 nitrogen and oxygen atoms in total. The van der Waals surface area contributed by atoms with Crippen LogP contribution in [-0.4, -0.2) is 45.0 Å². The second kappa shape index (κ2) is 7.35. The molecule has 10 heteroatoms. The van der Waals surface area contributed by atoms with Gasteiger partial charge in [0.2, 0.25) is 11.2 Å². The summed E-state index contributed by atoms with van der Waals surface area (Å²) in [6, 6.07) is 0. The first-order valence-electron chi connectivity index (χ1n) is 10.5. The number of aromatic nitrogens is 3. The molecule has 29 heavy (non-hydrogen) atoms. The molecule has 0 radical (unpaired) electrons. The molecule has 2 heterocycles. The van der Waals surface area contributed by atoms with Crippen LogP contribution in [-0.2, 0) is 15.1 Å². The molecule has 6 rings (SSSR count). The molecular weight excluding hydrogens is 412 g/mol. The van der Waals surface area contributed by atoms with Gasteiger partial charge in [-0.2, -0.15) is 0 Å². The van der Waals surface area contributed by atoms with Gasteiger partial charge in [-0.15, -0.1) is 5.10 Å². The SMILES string of the molecule is O=C(NNC(=S)NC[C@@H]1CCCO1)C12C[C@H]3C[C@H](C1)CC(n1cnc(Cl)n1)(C3)C2. The summed E-state index contributed by atoms with van der Waals surface area (Å²) in [5, 5.41) is 8.24. The molecule has 4 aliphatic carbocycles. The quantitative estimate of drug-likeness (QED) is 0.488. The van der Waals surface area contributed by atoms with Crippen LogP contribution >= 0.6 is 23.8 Å². The molecule has 1 aliphatic heterocycles. The first-order valence-corrected chi connectivity index (χ1v) is 11.3. The van der Waals surface area contributed by atoms with E-state index in [4.69, 9.17) is 28.6 Å². The van der Waals surface area contributed by atoms with E-state index in [0.717, 1.165) is 51.6 Å². The van der Waals surface area contributed by atoms with Gasteiger partial charge in [0.15, 0.2) is 5.11 Å². The van der Waals surface area contributed by atoms with Gasteiger partial charge >= 0.3 is 0 Å². The maximum Gasteiger partial charge on any atom is 0.244 e. The second-order valence-electron chi connectivity index (χ2n) is 9.35. The number of nitrogens with one attached hydrogen (secondary N) is 3. The Morgan fingerprint density at radius 1 is 1.31 bits per heavy atom. The highest BCUT2D eigenvalue weighted by Crippen LogP contribution is 2.64. The van der Waals surface area contributed by atoms with Crippen molar-refractivity contribution >= 4 is 34.8 Å². The molecule has 158 valence electrons. The van der Waals surface area contributed by atoms with Gasteiger partial charge in [0.25, 0.3) is 0 Å². The molecule has 1 saturated heterocycles. The number of nitrogens with zero attached hydrogens (tertiary/aromatic N) is 3.